The molecule has 2 aromatic rings. The summed E-state index contributed by atoms with van der Waals surface area (Å²) in [5.41, 5.74) is 0. The van der Waals surface area contributed by atoms with Gasteiger partial charge in [-0.1, -0.05) is 18.2 Å². The van der Waals surface area contributed by atoms with Gasteiger partial charge in [0, 0.05) is 43.8 Å². The van der Waals surface area contributed by atoms with Gasteiger partial charge in [-0.2, -0.15) is 0 Å². The minimum atomic E-state index is 0.166. The average Bonchev–Trinajstić information content (AvgIpc) is 3.16. The summed E-state index contributed by atoms with van der Waals surface area (Å²) in [5.74, 6) is 1.18. The molecule has 0 aliphatic carbocycles. The monoisotopic (exact) mass is 356 g/mol. The van der Waals surface area contributed by atoms with Crippen molar-refractivity contribution in [2.75, 3.05) is 44.2 Å². The van der Waals surface area contributed by atoms with Crippen molar-refractivity contribution >= 4 is 23.1 Å². The van der Waals surface area contributed by atoms with E-state index in [1.54, 1.807) is 17.4 Å². The molecular weight excluding hydrogens is 332 g/mol. The Hall–Kier alpha value is -2.18. The van der Waals surface area contributed by atoms with E-state index < -0.39 is 0 Å². The molecule has 0 spiro atoms. The molecule has 2 aromatic heterocycles. The van der Waals surface area contributed by atoms with Gasteiger partial charge in [-0.25, -0.2) is 4.98 Å². The number of anilines is 1. The van der Waals surface area contributed by atoms with E-state index in [2.05, 4.69) is 27.4 Å². The summed E-state index contributed by atoms with van der Waals surface area (Å²) in [6.07, 6.45) is 3.62. The van der Waals surface area contributed by atoms with Crippen molar-refractivity contribution in [1.82, 2.24) is 14.8 Å². The van der Waals surface area contributed by atoms with Crippen LogP contribution in [0.3, 0.4) is 0 Å². The van der Waals surface area contributed by atoms with Crippen LogP contribution in [0.15, 0.2) is 54.6 Å². The second-order valence-corrected chi connectivity index (χ2v) is 7.13. The largest absolute Gasteiger partial charge is 0.354 e. The first-order valence-electron chi connectivity index (χ1n) is 8.55. The van der Waals surface area contributed by atoms with E-state index in [0.29, 0.717) is 19.6 Å². The van der Waals surface area contributed by atoms with Gasteiger partial charge in [0.15, 0.2) is 0 Å². The van der Waals surface area contributed by atoms with Crippen molar-refractivity contribution in [2.45, 2.75) is 6.54 Å². The third kappa shape index (κ3) is 4.90. The molecule has 5 nitrogen and oxygen atoms in total. The van der Waals surface area contributed by atoms with Crippen LogP contribution in [0.2, 0.25) is 0 Å². The van der Waals surface area contributed by atoms with Crippen molar-refractivity contribution in [3.63, 3.8) is 0 Å². The van der Waals surface area contributed by atoms with Crippen molar-refractivity contribution in [2.24, 2.45) is 0 Å². The minimum Gasteiger partial charge on any atom is -0.354 e. The van der Waals surface area contributed by atoms with E-state index >= 15 is 0 Å². The summed E-state index contributed by atoms with van der Waals surface area (Å²) in [4.78, 5) is 24.7. The minimum absolute atomic E-state index is 0.166. The number of carbonyl (C=O) groups is 1. The highest BCUT2D eigenvalue weighted by Crippen LogP contribution is 2.14. The number of amides is 1. The van der Waals surface area contributed by atoms with E-state index in [4.69, 9.17) is 0 Å². The third-order valence-electron chi connectivity index (χ3n) is 4.33. The van der Waals surface area contributed by atoms with Crippen LogP contribution >= 0.6 is 11.3 Å². The second kappa shape index (κ2) is 8.78. The first-order valence-corrected chi connectivity index (χ1v) is 9.43. The number of thiophene rings is 1. The molecule has 132 valence electrons. The molecule has 0 radical (unpaired) electrons. The summed E-state index contributed by atoms with van der Waals surface area (Å²) in [6, 6.07) is 10.1. The average molecular weight is 356 g/mol. The Morgan fingerprint density at radius 3 is 2.72 bits per heavy atom. The summed E-state index contributed by atoms with van der Waals surface area (Å²) in [5, 5.41) is 2.04. The molecule has 6 heteroatoms. The Morgan fingerprint density at radius 2 is 2.08 bits per heavy atom. The highest BCUT2D eigenvalue weighted by Gasteiger charge is 2.22. The van der Waals surface area contributed by atoms with Crippen LogP contribution in [0.25, 0.3) is 0 Å². The number of piperazine rings is 1. The number of rotatable bonds is 7. The standard InChI is InChI=1S/C19H24N4OS/c1-2-9-23(15-17-6-5-14-25-17)19(24)16-21-10-12-22(13-11-21)18-7-3-4-8-20-18/h2-8,14H,1,9-13,15-16H2. The van der Waals surface area contributed by atoms with Crippen LogP contribution in [0.1, 0.15) is 4.88 Å². The molecule has 1 saturated heterocycles. The van der Waals surface area contributed by atoms with Crippen LogP contribution in [-0.4, -0.2) is 60.0 Å². The normalized spacial score (nSPS) is 15.1. The maximum absolute atomic E-state index is 12.7. The fraction of sp³-hybridized carbons (Fsp3) is 0.368. The molecule has 3 rings (SSSR count). The van der Waals surface area contributed by atoms with E-state index in [-0.39, 0.29) is 5.91 Å². The molecule has 0 unspecified atom stereocenters. The molecule has 1 fully saturated rings. The van der Waals surface area contributed by atoms with Crippen LogP contribution in [0.4, 0.5) is 5.82 Å². The lowest BCUT2D eigenvalue weighted by Crippen LogP contribution is -2.50. The van der Waals surface area contributed by atoms with E-state index in [0.717, 1.165) is 32.0 Å². The zero-order valence-electron chi connectivity index (χ0n) is 14.4. The van der Waals surface area contributed by atoms with E-state index in [1.165, 1.54) is 4.88 Å². The molecule has 0 bridgehead atoms. The molecule has 0 aromatic carbocycles. The fourth-order valence-electron chi connectivity index (χ4n) is 2.97. The maximum atomic E-state index is 12.7. The van der Waals surface area contributed by atoms with Crippen LogP contribution in [0, 0.1) is 0 Å². The number of hydrogen-bond acceptors (Lipinski definition) is 5. The SMILES string of the molecule is C=CCN(Cc1cccs1)C(=O)CN1CCN(c2ccccn2)CC1. The lowest BCUT2D eigenvalue weighted by atomic mass is 10.3. The zero-order valence-corrected chi connectivity index (χ0v) is 15.2. The van der Waals surface area contributed by atoms with Crippen molar-refractivity contribution < 1.29 is 4.79 Å². The highest BCUT2D eigenvalue weighted by molar-refractivity contribution is 7.09. The molecule has 0 saturated carbocycles. The summed E-state index contributed by atoms with van der Waals surface area (Å²) >= 11 is 1.68. The number of pyridine rings is 1. The van der Waals surface area contributed by atoms with E-state index in [1.807, 2.05) is 40.7 Å². The predicted molar refractivity (Wildman–Crippen MR) is 103 cm³/mol. The predicted octanol–water partition coefficient (Wildman–Crippen LogP) is 2.48. The number of nitrogens with zero attached hydrogens (tertiary/aromatic N) is 4. The number of carbonyl (C=O) groups excluding carboxylic acids is 1. The van der Waals surface area contributed by atoms with Crippen molar-refractivity contribution in [3.8, 4) is 0 Å². The van der Waals surface area contributed by atoms with Gasteiger partial charge in [0.1, 0.15) is 5.82 Å². The van der Waals surface area contributed by atoms with E-state index in [9.17, 15) is 4.79 Å². The van der Waals surface area contributed by atoms with Gasteiger partial charge >= 0.3 is 0 Å². The Bertz CT molecular complexity index is 666. The first-order chi connectivity index (χ1) is 12.3. The molecule has 1 aliphatic heterocycles. The molecule has 25 heavy (non-hydrogen) atoms. The van der Waals surface area contributed by atoms with Gasteiger partial charge in [0.25, 0.3) is 0 Å². The Kier molecular flexibility index (Phi) is 6.19. The number of hydrogen-bond donors (Lipinski definition) is 0. The van der Waals surface area contributed by atoms with Crippen molar-refractivity contribution in [3.05, 3.63) is 59.4 Å². The molecular formula is C19H24N4OS. The topological polar surface area (TPSA) is 39.7 Å². The van der Waals surface area contributed by atoms with Gasteiger partial charge in [-0.3, -0.25) is 9.69 Å². The van der Waals surface area contributed by atoms with Gasteiger partial charge < -0.3 is 9.80 Å². The molecule has 1 aliphatic rings. The Balaban J connectivity index is 1.51. The quantitative estimate of drug-likeness (QED) is 0.715. The van der Waals surface area contributed by atoms with Crippen molar-refractivity contribution in [1.29, 1.82) is 0 Å². The van der Waals surface area contributed by atoms with Crippen LogP contribution in [-0.2, 0) is 11.3 Å². The summed E-state index contributed by atoms with van der Waals surface area (Å²) in [7, 11) is 0. The highest BCUT2D eigenvalue weighted by atomic mass is 32.1. The Morgan fingerprint density at radius 1 is 1.24 bits per heavy atom. The summed E-state index contributed by atoms with van der Waals surface area (Å²) in [6.45, 7) is 9.06. The molecule has 0 atom stereocenters. The molecule has 3 heterocycles. The maximum Gasteiger partial charge on any atom is 0.237 e. The van der Waals surface area contributed by atoms with Crippen LogP contribution < -0.4 is 4.90 Å². The van der Waals surface area contributed by atoms with Gasteiger partial charge in [0.2, 0.25) is 5.91 Å². The van der Waals surface area contributed by atoms with Gasteiger partial charge in [-0.05, 0) is 23.6 Å². The van der Waals surface area contributed by atoms with Crippen LogP contribution in [0.5, 0.6) is 0 Å². The smallest absolute Gasteiger partial charge is 0.237 e. The zero-order chi connectivity index (χ0) is 17.5. The molecule has 0 N–H and O–H groups in total. The fourth-order valence-corrected chi connectivity index (χ4v) is 3.69. The lowest BCUT2D eigenvalue weighted by molar-refractivity contribution is -0.132. The first kappa shape index (κ1) is 17.6. The number of aromatic nitrogens is 1. The van der Waals surface area contributed by atoms with Gasteiger partial charge in [0.05, 0.1) is 13.1 Å². The lowest BCUT2D eigenvalue weighted by Gasteiger charge is -2.35. The third-order valence-corrected chi connectivity index (χ3v) is 5.19. The molecule has 1 amide bonds. The summed E-state index contributed by atoms with van der Waals surface area (Å²) < 4.78 is 0. The Labute approximate surface area is 153 Å². The van der Waals surface area contributed by atoms with Gasteiger partial charge in [-0.15, -0.1) is 17.9 Å². The second-order valence-electron chi connectivity index (χ2n) is 6.09.